The standard InChI is InChI=1S/C41H52N4O3S/c1-6-8-23-47-24-25-48-37-14-9-32(10-15-37)33-11-18-39-35(26-33)27-34(19-21-44(39)28-30(3)4)41(46)43-36-12-16-38(17-13-36)49-29-40-42-20-22-45(40)31(5)7-2/h9-18,20,22,26-27,30-31H,6-8,19,21,23-25,28-29H2,1-5H3,(H,43,46). The molecule has 8 heteroatoms. The Labute approximate surface area is 297 Å². The molecule has 7 nitrogen and oxygen atoms in total. The van der Waals surface area contributed by atoms with Crippen LogP contribution in [0.15, 0.2) is 89.6 Å². The number of fused-ring (bicyclic) bond motifs is 1. The molecule has 1 aromatic heterocycles. The monoisotopic (exact) mass is 680 g/mol. The molecule has 0 saturated heterocycles. The summed E-state index contributed by atoms with van der Waals surface area (Å²) >= 11 is 1.76. The highest BCUT2D eigenvalue weighted by molar-refractivity contribution is 7.98. The molecule has 1 aliphatic heterocycles. The maximum Gasteiger partial charge on any atom is 0.251 e. The van der Waals surface area contributed by atoms with E-state index in [9.17, 15) is 4.79 Å². The molecule has 260 valence electrons. The number of thioether (sulfide) groups is 1. The molecule has 0 radical (unpaired) electrons. The quantitative estimate of drug-likeness (QED) is 0.0885. The Balaban J connectivity index is 1.26. The molecule has 1 aliphatic rings. The lowest BCUT2D eigenvalue weighted by Gasteiger charge is -2.27. The number of amides is 1. The highest BCUT2D eigenvalue weighted by atomic mass is 32.2. The van der Waals surface area contributed by atoms with Crippen molar-refractivity contribution in [2.45, 2.75) is 77.0 Å². The Morgan fingerprint density at radius 2 is 1.73 bits per heavy atom. The Bertz CT molecular complexity index is 1660. The predicted octanol–water partition coefficient (Wildman–Crippen LogP) is 9.90. The van der Waals surface area contributed by atoms with Crippen LogP contribution in [0.25, 0.3) is 17.2 Å². The van der Waals surface area contributed by atoms with Crippen LogP contribution in [0.1, 0.15) is 77.7 Å². The smallest absolute Gasteiger partial charge is 0.251 e. The molecule has 2 heterocycles. The summed E-state index contributed by atoms with van der Waals surface area (Å²) < 4.78 is 13.8. The van der Waals surface area contributed by atoms with Gasteiger partial charge < -0.3 is 24.3 Å². The molecule has 0 bridgehead atoms. The van der Waals surface area contributed by atoms with Crippen molar-refractivity contribution < 1.29 is 14.3 Å². The highest BCUT2D eigenvalue weighted by Gasteiger charge is 2.21. The van der Waals surface area contributed by atoms with E-state index in [4.69, 9.17) is 9.47 Å². The number of carbonyl (C=O) groups excluding carboxylic acids is 1. The molecule has 49 heavy (non-hydrogen) atoms. The minimum absolute atomic E-state index is 0.0566. The highest BCUT2D eigenvalue weighted by Crippen LogP contribution is 2.34. The zero-order valence-electron chi connectivity index (χ0n) is 29.8. The van der Waals surface area contributed by atoms with E-state index in [1.807, 2.05) is 30.5 Å². The number of ether oxygens (including phenoxy) is 2. The fraction of sp³-hybridized carbons (Fsp3) is 0.415. The third kappa shape index (κ3) is 10.2. The van der Waals surface area contributed by atoms with E-state index in [-0.39, 0.29) is 5.91 Å². The Hall–Kier alpha value is -4.01. The number of hydrogen-bond acceptors (Lipinski definition) is 6. The van der Waals surface area contributed by atoms with Crippen molar-refractivity contribution in [2.24, 2.45) is 5.92 Å². The van der Waals surface area contributed by atoms with E-state index < -0.39 is 0 Å². The zero-order chi connectivity index (χ0) is 34.6. The second-order valence-electron chi connectivity index (χ2n) is 13.1. The number of hydrogen-bond donors (Lipinski definition) is 1. The number of nitrogens with zero attached hydrogens (tertiary/aromatic N) is 3. The molecule has 0 aliphatic carbocycles. The number of aromatic nitrogens is 2. The molecule has 4 aromatic rings. The van der Waals surface area contributed by atoms with Gasteiger partial charge in [0, 0.05) is 60.0 Å². The first-order valence-electron chi connectivity index (χ1n) is 17.8. The first-order chi connectivity index (χ1) is 23.8. The molecule has 5 rings (SSSR count). The van der Waals surface area contributed by atoms with Crippen LogP contribution in [0.2, 0.25) is 0 Å². The van der Waals surface area contributed by atoms with Gasteiger partial charge >= 0.3 is 0 Å². The molecular formula is C41H52N4O3S. The van der Waals surface area contributed by atoms with Crippen LogP contribution in [-0.2, 0) is 15.3 Å². The lowest BCUT2D eigenvalue weighted by Crippen LogP contribution is -2.29. The molecule has 1 N–H and O–H groups in total. The molecule has 0 saturated carbocycles. The van der Waals surface area contributed by atoms with Crippen LogP contribution >= 0.6 is 11.8 Å². The van der Waals surface area contributed by atoms with E-state index in [0.717, 1.165) is 89.1 Å². The minimum Gasteiger partial charge on any atom is -0.491 e. The van der Waals surface area contributed by atoms with Gasteiger partial charge in [-0.2, -0.15) is 0 Å². The summed E-state index contributed by atoms with van der Waals surface area (Å²) in [5, 5.41) is 3.16. The number of benzene rings is 3. The largest absolute Gasteiger partial charge is 0.491 e. The number of nitrogens with one attached hydrogen (secondary N) is 1. The lowest BCUT2D eigenvalue weighted by molar-refractivity contribution is -0.112. The SMILES string of the molecule is CCCCOCCOc1ccc(-c2ccc3c(c2)C=C(C(=O)Nc2ccc(SCc4nccn4C(C)CC)cc2)CCN3CC(C)C)cc1. The van der Waals surface area contributed by atoms with Crippen LogP contribution in [0.5, 0.6) is 5.75 Å². The fourth-order valence-electron chi connectivity index (χ4n) is 5.94. The van der Waals surface area contributed by atoms with Crippen LogP contribution in [0.3, 0.4) is 0 Å². The van der Waals surface area contributed by atoms with Crippen molar-refractivity contribution in [1.29, 1.82) is 0 Å². The van der Waals surface area contributed by atoms with E-state index in [1.165, 1.54) is 5.69 Å². The van der Waals surface area contributed by atoms with Crippen molar-refractivity contribution in [2.75, 3.05) is 43.1 Å². The number of anilines is 2. The van der Waals surface area contributed by atoms with E-state index in [2.05, 4.69) is 109 Å². The van der Waals surface area contributed by atoms with Gasteiger partial charge in [0.25, 0.3) is 5.91 Å². The summed E-state index contributed by atoms with van der Waals surface area (Å²) in [6.07, 6.45) is 9.97. The second-order valence-corrected chi connectivity index (χ2v) is 14.2. The van der Waals surface area contributed by atoms with Crippen molar-refractivity contribution in [3.63, 3.8) is 0 Å². The molecule has 1 unspecified atom stereocenters. The molecule has 3 aromatic carbocycles. The number of imidazole rings is 1. The predicted molar refractivity (Wildman–Crippen MR) is 205 cm³/mol. The normalized spacial score (nSPS) is 13.5. The average Bonchev–Trinajstić information content (AvgIpc) is 3.51. The third-order valence-electron chi connectivity index (χ3n) is 8.85. The summed E-state index contributed by atoms with van der Waals surface area (Å²) in [4.78, 5) is 21.8. The molecule has 0 fully saturated rings. The van der Waals surface area contributed by atoms with Crippen molar-refractivity contribution in [1.82, 2.24) is 9.55 Å². The van der Waals surface area contributed by atoms with Crippen LogP contribution < -0.4 is 15.0 Å². The van der Waals surface area contributed by atoms with Crippen molar-refractivity contribution >= 4 is 35.1 Å². The minimum atomic E-state index is -0.0566. The average molecular weight is 681 g/mol. The number of unbranched alkanes of at least 4 members (excludes halogenated alkanes) is 1. The molecule has 1 amide bonds. The van der Waals surface area contributed by atoms with Gasteiger partial charge in [0.2, 0.25) is 0 Å². The first-order valence-corrected chi connectivity index (χ1v) is 18.8. The number of rotatable bonds is 17. The molecule has 0 spiro atoms. The van der Waals surface area contributed by atoms with Gasteiger partial charge in [0.1, 0.15) is 18.2 Å². The van der Waals surface area contributed by atoms with Gasteiger partial charge in [-0.3, -0.25) is 4.79 Å². The Morgan fingerprint density at radius 3 is 2.47 bits per heavy atom. The zero-order valence-corrected chi connectivity index (χ0v) is 30.6. The van der Waals surface area contributed by atoms with Crippen LogP contribution in [-0.4, -0.2) is 48.4 Å². The molecular weight excluding hydrogens is 629 g/mol. The Morgan fingerprint density at radius 1 is 0.959 bits per heavy atom. The van der Waals surface area contributed by atoms with Gasteiger partial charge in [-0.15, -0.1) is 11.8 Å². The summed E-state index contributed by atoms with van der Waals surface area (Å²) in [5.41, 5.74) is 6.02. The van der Waals surface area contributed by atoms with E-state index in [1.54, 1.807) is 11.8 Å². The summed E-state index contributed by atoms with van der Waals surface area (Å²) in [6, 6.07) is 23.4. The third-order valence-corrected chi connectivity index (χ3v) is 9.86. The van der Waals surface area contributed by atoms with Crippen molar-refractivity contribution in [3.05, 3.63) is 96.1 Å². The molecule has 1 atom stereocenters. The summed E-state index contributed by atoms with van der Waals surface area (Å²) in [6.45, 7) is 14.7. The summed E-state index contributed by atoms with van der Waals surface area (Å²) in [7, 11) is 0. The summed E-state index contributed by atoms with van der Waals surface area (Å²) in [5.74, 6) is 3.16. The number of carbonyl (C=O) groups is 1. The van der Waals surface area contributed by atoms with E-state index in [0.29, 0.717) is 31.6 Å². The fourth-order valence-corrected chi connectivity index (χ4v) is 6.79. The maximum atomic E-state index is 13.7. The lowest BCUT2D eigenvalue weighted by atomic mass is 10.00. The maximum absolute atomic E-state index is 13.7. The van der Waals surface area contributed by atoms with Gasteiger partial charge in [-0.25, -0.2) is 4.98 Å². The van der Waals surface area contributed by atoms with Gasteiger partial charge in [0.15, 0.2) is 0 Å². The Kier molecular flexibility index (Phi) is 13.4. The van der Waals surface area contributed by atoms with Crippen molar-refractivity contribution in [3.8, 4) is 16.9 Å². The second kappa shape index (κ2) is 18.1. The van der Waals surface area contributed by atoms with Crippen LogP contribution in [0, 0.1) is 5.92 Å². The van der Waals surface area contributed by atoms with Gasteiger partial charge in [-0.05, 0) is 103 Å². The van der Waals surface area contributed by atoms with Crippen LogP contribution in [0.4, 0.5) is 11.4 Å². The van der Waals surface area contributed by atoms with Gasteiger partial charge in [-0.1, -0.05) is 52.3 Å². The van der Waals surface area contributed by atoms with Gasteiger partial charge in [0.05, 0.1) is 12.4 Å². The topological polar surface area (TPSA) is 68.6 Å². The van der Waals surface area contributed by atoms with E-state index >= 15 is 0 Å². The first kappa shape index (κ1) is 36.3.